The zero-order chi connectivity index (χ0) is 13.9. The van der Waals surface area contributed by atoms with Crippen LogP contribution in [0.5, 0.6) is 0 Å². The van der Waals surface area contributed by atoms with Gasteiger partial charge in [-0.05, 0) is 41.1 Å². The summed E-state index contributed by atoms with van der Waals surface area (Å²) in [6, 6.07) is 17.0. The summed E-state index contributed by atoms with van der Waals surface area (Å²) in [5, 5.41) is 4.72. The Hall–Kier alpha value is -1.74. The van der Waals surface area contributed by atoms with E-state index in [-0.39, 0.29) is 0 Å². The minimum absolute atomic E-state index is 0.911. The molecule has 0 bridgehead atoms. The third kappa shape index (κ3) is 2.73. The number of nitrogens with zero attached hydrogens (tertiary/aromatic N) is 1. The van der Waals surface area contributed by atoms with Gasteiger partial charge < -0.3 is 9.88 Å². The van der Waals surface area contributed by atoms with Crippen LogP contribution < -0.4 is 5.32 Å². The van der Waals surface area contributed by atoms with Crippen LogP contribution in [0.15, 0.2) is 59.2 Å². The second-order valence-corrected chi connectivity index (χ2v) is 5.83. The fourth-order valence-electron chi connectivity index (χ4n) is 2.38. The van der Waals surface area contributed by atoms with Gasteiger partial charge in [-0.15, -0.1) is 0 Å². The number of fused-ring (bicyclic) bond motifs is 1. The van der Waals surface area contributed by atoms with Gasteiger partial charge in [0.05, 0.1) is 0 Å². The third-order valence-corrected chi connectivity index (χ3v) is 4.11. The van der Waals surface area contributed by atoms with Crippen molar-refractivity contribution < 1.29 is 0 Å². The van der Waals surface area contributed by atoms with E-state index < -0.39 is 0 Å². The Balaban J connectivity index is 1.70. The number of benzene rings is 2. The first kappa shape index (κ1) is 13.3. The van der Waals surface area contributed by atoms with Crippen molar-refractivity contribution in [2.24, 2.45) is 0 Å². The van der Waals surface area contributed by atoms with Crippen molar-refractivity contribution in [3.63, 3.8) is 0 Å². The molecular formula is C17H17BrN2. The zero-order valence-corrected chi connectivity index (χ0v) is 13.0. The van der Waals surface area contributed by atoms with Gasteiger partial charge in [0.2, 0.25) is 0 Å². The van der Waals surface area contributed by atoms with Crippen LogP contribution >= 0.6 is 15.9 Å². The number of para-hydroxylation sites is 1. The molecule has 3 rings (SSSR count). The minimum atomic E-state index is 0.911. The molecule has 102 valence electrons. The van der Waals surface area contributed by atoms with Crippen molar-refractivity contribution in [2.75, 3.05) is 11.9 Å². The first-order valence-corrected chi connectivity index (χ1v) is 7.57. The summed E-state index contributed by atoms with van der Waals surface area (Å²) in [6.07, 6.45) is 2.15. The predicted molar refractivity (Wildman–Crippen MR) is 89.3 cm³/mol. The summed E-state index contributed by atoms with van der Waals surface area (Å²) in [5.74, 6) is 0. The van der Waals surface area contributed by atoms with E-state index in [4.69, 9.17) is 0 Å². The molecule has 0 unspecified atom stereocenters. The van der Waals surface area contributed by atoms with Gasteiger partial charge in [0.1, 0.15) is 0 Å². The summed E-state index contributed by atoms with van der Waals surface area (Å²) in [6.45, 7) is 3.96. The monoisotopic (exact) mass is 328 g/mol. The topological polar surface area (TPSA) is 17.0 Å². The van der Waals surface area contributed by atoms with E-state index in [9.17, 15) is 0 Å². The standard InChI is InChI=1S/C17H17BrN2/c1-13-6-8-14(9-7-13)19-10-11-20-12-16(18)15-4-2-3-5-17(15)20/h2-9,12,19H,10-11H2,1H3. The molecule has 0 radical (unpaired) electrons. The molecule has 20 heavy (non-hydrogen) atoms. The van der Waals surface area contributed by atoms with Crippen molar-refractivity contribution in [3.05, 3.63) is 64.8 Å². The van der Waals surface area contributed by atoms with Gasteiger partial charge in [0.25, 0.3) is 0 Å². The molecule has 1 heterocycles. The lowest BCUT2D eigenvalue weighted by Gasteiger charge is -2.08. The van der Waals surface area contributed by atoms with Crippen LogP contribution in [-0.4, -0.2) is 11.1 Å². The molecule has 0 aliphatic carbocycles. The molecule has 0 amide bonds. The molecular weight excluding hydrogens is 312 g/mol. The van der Waals surface area contributed by atoms with Gasteiger partial charge in [-0.2, -0.15) is 0 Å². The van der Waals surface area contributed by atoms with E-state index >= 15 is 0 Å². The molecule has 0 aliphatic heterocycles. The van der Waals surface area contributed by atoms with E-state index in [1.807, 2.05) is 0 Å². The average Bonchev–Trinajstić information content (AvgIpc) is 2.79. The van der Waals surface area contributed by atoms with Gasteiger partial charge in [-0.25, -0.2) is 0 Å². The Morgan fingerprint density at radius 1 is 1.05 bits per heavy atom. The van der Waals surface area contributed by atoms with E-state index in [2.05, 4.69) is 87.5 Å². The fraction of sp³-hybridized carbons (Fsp3) is 0.176. The van der Waals surface area contributed by atoms with Crippen molar-refractivity contribution >= 4 is 32.5 Å². The van der Waals surface area contributed by atoms with E-state index in [0.717, 1.165) is 17.6 Å². The maximum absolute atomic E-state index is 3.62. The predicted octanol–water partition coefficient (Wildman–Crippen LogP) is 4.82. The molecule has 3 aromatic rings. The Kier molecular flexibility index (Phi) is 3.79. The van der Waals surface area contributed by atoms with E-state index in [1.54, 1.807) is 0 Å². The number of aryl methyl sites for hydroxylation is 1. The SMILES string of the molecule is Cc1ccc(NCCn2cc(Br)c3ccccc32)cc1. The fourth-order valence-corrected chi connectivity index (χ4v) is 2.96. The summed E-state index contributed by atoms with van der Waals surface area (Å²) in [4.78, 5) is 0. The second kappa shape index (κ2) is 5.71. The van der Waals surface area contributed by atoms with Crippen molar-refractivity contribution in [1.29, 1.82) is 0 Å². The van der Waals surface area contributed by atoms with Crippen LogP contribution in [0, 0.1) is 6.92 Å². The molecule has 2 aromatic carbocycles. The second-order valence-electron chi connectivity index (χ2n) is 4.98. The number of nitrogens with one attached hydrogen (secondary N) is 1. The maximum atomic E-state index is 3.62. The highest BCUT2D eigenvalue weighted by Gasteiger charge is 2.04. The highest BCUT2D eigenvalue weighted by molar-refractivity contribution is 9.10. The van der Waals surface area contributed by atoms with E-state index in [1.165, 1.54) is 22.2 Å². The van der Waals surface area contributed by atoms with Gasteiger partial charge in [0, 0.05) is 40.3 Å². The van der Waals surface area contributed by atoms with Crippen molar-refractivity contribution in [1.82, 2.24) is 4.57 Å². The number of hydrogen-bond donors (Lipinski definition) is 1. The summed E-state index contributed by atoms with van der Waals surface area (Å²) < 4.78 is 3.43. The lowest BCUT2D eigenvalue weighted by atomic mass is 10.2. The van der Waals surface area contributed by atoms with E-state index in [0.29, 0.717) is 0 Å². The van der Waals surface area contributed by atoms with Crippen molar-refractivity contribution in [3.8, 4) is 0 Å². The number of aromatic nitrogens is 1. The molecule has 0 spiro atoms. The number of halogens is 1. The smallest absolute Gasteiger partial charge is 0.0492 e. The quantitative estimate of drug-likeness (QED) is 0.726. The summed E-state index contributed by atoms with van der Waals surface area (Å²) >= 11 is 3.62. The Morgan fingerprint density at radius 2 is 1.80 bits per heavy atom. The summed E-state index contributed by atoms with van der Waals surface area (Å²) in [7, 11) is 0. The number of rotatable bonds is 4. The van der Waals surface area contributed by atoms with Crippen molar-refractivity contribution in [2.45, 2.75) is 13.5 Å². The summed E-state index contributed by atoms with van der Waals surface area (Å²) in [5.41, 5.74) is 3.73. The molecule has 0 saturated carbocycles. The highest BCUT2D eigenvalue weighted by atomic mass is 79.9. The molecule has 1 aromatic heterocycles. The van der Waals surface area contributed by atoms with Gasteiger partial charge >= 0.3 is 0 Å². The highest BCUT2D eigenvalue weighted by Crippen LogP contribution is 2.25. The lowest BCUT2D eigenvalue weighted by Crippen LogP contribution is -2.09. The maximum Gasteiger partial charge on any atom is 0.0492 e. The van der Waals surface area contributed by atoms with Crippen LogP contribution in [0.1, 0.15) is 5.56 Å². The van der Waals surface area contributed by atoms with Gasteiger partial charge in [-0.3, -0.25) is 0 Å². The molecule has 0 aliphatic rings. The van der Waals surface area contributed by atoms with Gasteiger partial charge in [-0.1, -0.05) is 35.9 Å². The normalized spacial score (nSPS) is 10.9. The molecule has 0 saturated heterocycles. The van der Waals surface area contributed by atoms with Crippen LogP contribution in [0.3, 0.4) is 0 Å². The van der Waals surface area contributed by atoms with Crippen LogP contribution in [0.25, 0.3) is 10.9 Å². The number of hydrogen-bond acceptors (Lipinski definition) is 1. The molecule has 0 fully saturated rings. The van der Waals surface area contributed by atoms with Crippen LogP contribution in [0.2, 0.25) is 0 Å². The first-order chi connectivity index (χ1) is 9.74. The molecule has 1 N–H and O–H groups in total. The molecule has 0 atom stereocenters. The van der Waals surface area contributed by atoms with Crippen LogP contribution in [-0.2, 0) is 6.54 Å². The number of anilines is 1. The largest absolute Gasteiger partial charge is 0.383 e. The Labute approximate surface area is 127 Å². The molecule has 2 nitrogen and oxygen atoms in total. The Bertz CT molecular complexity index is 713. The minimum Gasteiger partial charge on any atom is -0.383 e. The first-order valence-electron chi connectivity index (χ1n) is 6.78. The third-order valence-electron chi connectivity index (χ3n) is 3.47. The lowest BCUT2D eigenvalue weighted by molar-refractivity contribution is 0.756. The Morgan fingerprint density at radius 3 is 2.60 bits per heavy atom. The average molecular weight is 329 g/mol. The van der Waals surface area contributed by atoms with Crippen LogP contribution in [0.4, 0.5) is 5.69 Å². The zero-order valence-electron chi connectivity index (χ0n) is 11.4. The molecule has 3 heteroatoms. The van der Waals surface area contributed by atoms with Gasteiger partial charge in [0.15, 0.2) is 0 Å².